The zero-order chi connectivity index (χ0) is 14.6. The van der Waals surface area contributed by atoms with E-state index in [1.807, 2.05) is 20.8 Å². The Morgan fingerprint density at radius 3 is 2.42 bits per heavy atom. The van der Waals surface area contributed by atoms with E-state index < -0.39 is 5.97 Å². The number of anilines is 1. The Kier molecular flexibility index (Phi) is 4.94. The molecule has 1 aromatic rings. The van der Waals surface area contributed by atoms with Crippen molar-refractivity contribution in [2.45, 2.75) is 20.8 Å². The number of hydrogen-bond acceptors (Lipinski definition) is 2. The molecule has 0 spiro atoms. The van der Waals surface area contributed by atoms with Crippen molar-refractivity contribution in [2.24, 2.45) is 5.41 Å². The molecule has 6 heteroatoms. The lowest BCUT2D eigenvalue weighted by atomic mass is 9.97. The van der Waals surface area contributed by atoms with Crippen molar-refractivity contribution in [3.8, 4) is 0 Å². The molecule has 0 saturated carbocycles. The van der Waals surface area contributed by atoms with E-state index in [0.717, 1.165) is 0 Å². The molecule has 104 valence electrons. The number of carbonyl (C=O) groups excluding carboxylic acids is 1. The molecule has 2 amide bonds. The van der Waals surface area contributed by atoms with E-state index in [1.165, 1.54) is 12.1 Å². The molecule has 0 heterocycles. The number of carboxylic acids is 1. The van der Waals surface area contributed by atoms with Gasteiger partial charge in [-0.25, -0.2) is 9.59 Å². The van der Waals surface area contributed by atoms with Gasteiger partial charge in [0.1, 0.15) is 0 Å². The third-order valence-electron chi connectivity index (χ3n) is 2.24. The fourth-order valence-electron chi connectivity index (χ4n) is 1.26. The second-order valence-electron chi connectivity index (χ2n) is 5.37. The number of rotatable bonds is 3. The number of amides is 2. The summed E-state index contributed by atoms with van der Waals surface area (Å²) in [6.07, 6.45) is 0. The standard InChI is InChI=1S/C13H17BrN2O3/c1-13(2,3)7-15-12(19)16-10-5-4-8(11(17)18)6-9(10)14/h4-6H,7H2,1-3H3,(H,17,18)(H2,15,16,19). The van der Waals surface area contributed by atoms with Crippen LogP contribution in [0.3, 0.4) is 0 Å². The van der Waals surface area contributed by atoms with Crippen LogP contribution in [0.5, 0.6) is 0 Å². The molecule has 19 heavy (non-hydrogen) atoms. The predicted molar refractivity (Wildman–Crippen MR) is 77.6 cm³/mol. The van der Waals surface area contributed by atoms with Crippen LogP contribution in [0.15, 0.2) is 22.7 Å². The van der Waals surface area contributed by atoms with Crippen LogP contribution < -0.4 is 10.6 Å². The zero-order valence-corrected chi connectivity index (χ0v) is 12.7. The Hall–Kier alpha value is -1.56. The van der Waals surface area contributed by atoms with E-state index in [-0.39, 0.29) is 17.0 Å². The Bertz CT molecular complexity index is 495. The minimum Gasteiger partial charge on any atom is -0.478 e. The third kappa shape index (κ3) is 5.30. The van der Waals surface area contributed by atoms with Gasteiger partial charge in [-0.3, -0.25) is 0 Å². The van der Waals surface area contributed by atoms with E-state index in [9.17, 15) is 9.59 Å². The summed E-state index contributed by atoms with van der Waals surface area (Å²) < 4.78 is 0.526. The number of urea groups is 1. The molecule has 0 saturated heterocycles. The van der Waals surface area contributed by atoms with E-state index >= 15 is 0 Å². The van der Waals surface area contributed by atoms with Gasteiger partial charge in [-0.15, -0.1) is 0 Å². The molecule has 0 fully saturated rings. The number of carbonyl (C=O) groups is 2. The lowest BCUT2D eigenvalue weighted by Crippen LogP contribution is -2.35. The number of halogens is 1. The molecular weight excluding hydrogens is 312 g/mol. The lowest BCUT2D eigenvalue weighted by Gasteiger charge is -2.19. The number of hydrogen-bond donors (Lipinski definition) is 3. The van der Waals surface area contributed by atoms with Crippen LogP contribution in [0.25, 0.3) is 0 Å². The summed E-state index contributed by atoms with van der Waals surface area (Å²) >= 11 is 3.23. The van der Waals surface area contributed by atoms with Crippen LogP contribution in [-0.2, 0) is 0 Å². The van der Waals surface area contributed by atoms with Crippen LogP contribution in [0.2, 0.25) is 0 Å². The van der Waals surface area contributed by atoms with Gasteiger partial charge in [0.2, 0.25) is 0 Å². The number of aromatic carboxylic acids is 1. The van der Waals surface area contributed by atoms with Crippen molar-refractivity contribution < 1.29 is 14.7 Å². The highest BCUT2D eigenvalue weighted by Crippen LogP contribution is 2.23. The summed E-state index contributed by atoms with van der Waals surface area (Å²) in [4.78, 5) is 22.4. The molecule has 0 aliphatic heterocycles. The van der Waals surface area contributed by atoms with Gasteiger partial charge in [0.25, 0.3) is 0 Å². The maximum atomic E-state index is 11.7. The summed E-state index contributed by atoms with van der Waals surface area (Å²) in [6, 6.07) is 4.11. The zero-order valence-electron chi connectivity index (χ0n) is 11.1. The van der Waals surface area contributed by atoms with Crippen LogP contribution in [0, 0.1) is 5.41 Å². The normalized spacial score (nSPS) is 10.9. The van der Waals surface area contributed by atoms with Crippen molar-refractivity contribution >= 4 is 33.6 Å². The number of nitrogens with one attached hydrogen (secondary N) is 2. The summed E-state index contributed by atoms with van der Waals surface area (Å²) in [5, 5.41) is 14.2. The second kappa shape index (κ2) is 6.06. The fourth-order valence-corrected chi connectivity index (χ4v) is 1.74. The summed E-state index contributed by atoms with van der Waals surface area (Å²) in [6.45, 7) is 6.60. The predicted octanol–water partition coefficient (Wildman–Crippen LogP) is 3.31. The highest BCUT2D eigenvalue weighted by molar-refractivity contribution is 9.10. The molecule has 1 aromatic carbocycles. The van der Waals surface area contributed by atoms with Crippen molar-refractivity contribution in [2.75, 3.05) is 11.9 Å². The minimum absolute atomic E-state index is 0.00172. The quantitative estimate of drug-likeness (QED) is 0.796. The van der Waals surface area contributed by atoms with Gasteiger partial charge in [0, 0.05) is 11.0 Å². The maximum Gasteiger partial charge on any atom is 0.335 e. The topological polar surface area (TPSA) is 78.4 Å². The van der Waals surface area contributed by atoms with Crippen molar-refractivity contribution in [1.29, 1.82) is 0 Å². The molecular formula is C13H17BrN2O3. The summed E-state index contributed by atoms with van der Waals surface area (Å²) in [5.74, 6) is -1.01. The van der Waals surface area contributed by atoms with Crippen molar-refractivity contribution in [3.05, 3.63) is 28.2 Å². The average molecular weight is 329 g/mol. The molecule has 5 nitrogen and oxygen atoms in total. The fraction of sp³-hybridized carbons (Fsp3) is 0.385. The van der Waals surface area contributed by atoms with Gasteiger partial charge < -0.3 is 15.7 Å². The molecule has 3 N–H and O–H groups in total. The second-order valence-corrected chi connectivity index (χ2v) is 6.22. The van der Waals surface area contributed by atoms with Gasteiger partial charge in [0.15, 0.2) is 0 Å². The monoisotopic (exact) mass is 328 g/mol. The van der Waals surface area contributed by atoms with Gasteiger partial charge >= 0.3 is 12.0 Å². The molecule has 0 atom stereocenters. The Balaban J connectivity index is 2.67. The molecule has 0 bridgehead atoms. The molecule has 0 aromatic heterocycles. The van der Waals surface area contributed by atoms with Crippen molar-refractivity contribution in [1.82, 2.24) is 5.32 Å². The first-order valence-corrected chi connectivity index (χ1v) is 6.56. The molecule has 0 radical (unpaired) electrons. The van der Waals surface area contributed by atoms with E-state index in [2.05, 4.69) is 26.6 Å². The molecule has 0 aliphatic rings. The van der Waals surface area contributed by atoms with Gasteiger partial charge in [-0.1, -0.05) is 20.8 Å². The van der Waals surface area contributed by atoms with Gasteiger partial charge in [-0.05, 0) is 39.5 Å². The number of carboxylic acid groups (broad SMARTS) is 1. The van der Waals surface area contributed by atoms with Crippen LogP contribution in [0.4, 0.5) is 10.5 Å². The first-order chi connectivity index (χ1) is 8.69. The smallest absolute Gasteiger partial charge is 0.335 e. The van der Waals surface area contributed by atoms with E-state index in [4.69, 9.17) is 5.11 Å². The van der Waals surface area contributed by atoms with Gasteiger partial charge in [-0.2, -0.15) is 0 Å². The van der Waals surface area contributed by atoms with Crippen molar-refractivity contribution in [3.63, 3.8) is 0 Å². The average Bonchev–Trinajstić information content (AvgIpc) is 2.28. The van der Waals surface area contributed by atoms with E-state index in [0.29, 0.717) is 16.7 Å². The van der Waals surface area contributed by atoms with Crippen LogP contribution in [0.1, 0.15) is 31.1 Å². The Morgan fingerprint density at radius 2 is 1.95 bits per heavy atom. The highest BCUT2D eigenvalue weighted by atomic mass is 79.9. The largest absolute Gasteiger partial charge is 0.478 e. The molecule has 0 unspecified atom stereocenters. The Morgan fingerprint density at radius 1 is 1.32 bits per heavy atom. The Labute approximate surface area is 120 Å². The van der Waals surface area contributed by atoms with Crippen LogP contribution >= 0.6 is 15.9 Å². The maximum absolute atomic E-state index is 11.7. The van der Waals surface area contributed by atoms with Gasteiger partial charge in [0.05, 0.1) is 11.3 Å². The summed E-state index contributed by atoms with van der Waals surface area (Å²) in [7, 11) is 0. The van der Waals surface area contributed by atoms with Crippen LogP contribution in [-0.4, -0.2) is 23.7 Å². The van der Waals surface area contributed by atoms with E-state index in [1.54, 1.807) is 6.07 Å². The SMILES string of the molecule is CC(C)(C)CNC(=O)Nc1ccc(C(=O)O)cc1Br. The highest BCUT2D eigenvalue weighted by Gasteiger charge is 2.13. The first-order valence-electron chi connectivity index (χ1n) is 5.77. The first kappa shape index (κ1) is 15.5. The number of benzene rings is 1. The minimum atomic E-state index is -1.01. The third-order valence-corrected chi connectivity index (χ3v) is 2.90. The molecule has 0 aliphatic carbocycles. The summed E-state index contributed by atoms with van der Waals surface area (Å²) in [5.41, 5.74) is 0.686. The lowest BCUT2D eigenvalue weighted by molar-refractivity contribution is 0.0697. The molecule has 1 rings (SSSR count).